The number of carbonyl (C=O) groups excluding carboxylic acids is 2. The third kappa shape index (κ3) is 1.79. The number of H-pyrrole nitrogens is 1. The van der Waals surface area contributed by atoms with Gasteiger partial charge < -0.3 is 9.40 Å². The number of aromatic nitrogens is 1. The second-order valence-corrected chi connectivity index (χ2v) is 4.44. The molecule has 4 nitrogen and oxygen atoms in total. The van der Waals surface area contributed by atoms with E-state index < -0.39 is 0 Å². The third-order valence-corrected chi connectivity index (χ3v) is 3.13. The highest BCUT2D eigenvalue weighted by Gasteiger charge is 2.21. The Balaban J connectivity index is 2.53. The molecular formula is C14H15NO3. The van der Waals surface area contributed by atoms with Crippen LogP contribution in [0.25, 0.3) is 0 Å². The molecule has 0 atom stereocenters. The average Bonchev–Trinajstić information content (AvgIpc) is 2.78. The average molecular weight is 245 g/mol. The van der Waals surface area contributed by atoms with E-state index in [1.54, 1.807) is 33.8 Å². The number of aldehydes is 1. The van der Waals surface area contributed by atoms with Crippen LogP contribution in [0, 0.1) is 27.7 Å². The van der Waals surface area contributed by atoms with Gasteiger partial charge in [0.05, 0.1) is 11.3 Å². The van der Waals surface area contributed by atoms with Crippen LogP contribution >= 0.6 is 0 Å². The lowest BCUT2D eigenvalue weighted by atomic mass is 10.0. The summed E-state index contributed by atoms with van der Waals surface area (Å²) in [7, 11) is 0. The van der Waals surface area contributed by atoms with Crippen molar-refractivity contribution in [2.24, 2.45) is 0 Å². The van der Waals surface area contributed by atoms with Crippen LogP contribution in [-0.2, 0) is 0 Å². The van der Waals surface area contributed by atoms with Gasteiger partial charge in [0.1, 0.15) is 11.5 Å². The molecular weight excluding hydrogens is 230 g/mol. The fourth-order valence-electron chi connectivity index (χ4n) is 2.16. The Morgan fingerprint density at radius 2 is 1.94 bits per heavy atom. The minimum absolute atomic E-state index is 0.141. The molecule has 0 radical (unpaired) electrons. The zero-order valence-electron chi connectivity index (χ0n) is 10.9. The Morgan fingerprint density at radius 1 is 1.28 bits per heavy atom. The lowest BCUT2D eigenvalue weighted by Gasteiger charge is -1.98. The maximum absolute atomic E-state index is 12.4. The van der Waals surface area contributed by atoms with Crippen LogP contribution in [0.5, 0.6) is 0 Å². The van der Waals surface area contributed by atoms with Crippen LogP contribution < -0.4 is 0 Å². The van der Waals surface area contributed by atoms with Crippen LogP contribution in [0.2, 0.25) is 0 Å². The van der Waals surface area contributed by atoms with E-state index in [-0.39, 0.29) is 5.78 Å². The Labute approximate surface area is 105 Å². The first-order valence-electron chi connectivity index (χ1n) is 5.71. The normalized spacial score (nSPS) is 10.7. The van der Waals surface area contributed by atoms with Gasteiger partial charge in [-0.1, -0.05) is 0 Å². The summed E-state index contributed by atoms with van der Waals surface area (Å²) in [5.74, 6) is 1.15. The number of carbonyl (C=O) groups is 2. The Kier molecular flexibility index (Phi) is 2.95. The molecule has 0 spiro atoms. The SMILES string of the molecule is Cc1cc(C(=O)c2[nH]c(C)c(C=O)c2C)c(C)o1. The number of nitrogens with one attached hydrogen (secondary N) is 1. The van der Waals surface area contributed by atoms with Crippen molar-refractivity contribution in [1.29, 1.82) is 0 Å². The molecule has 0 fully saturated rings. The molecule has 2 rings (SSSR count). The van der Waals surface area contributed by atoms with Crippen molar-refractivity contribution < 1.29 is 14.0 Å². The molecule has 0 aliphatic heterocycles. The molecule has 94 valence electrons. The van der Waals surface area contributed by atoms with E-state index in [0.717, 1.165) is 6.29 Å². The molecule has 0 saturated carbocycles. The van der Waals surface area contributed by atoms with E-state index in [0.29, 0.717) is 39.6 Å². The van der Waals surface area contributed by atoms with Gasteiger partial charge in [-0.2, -0.15) is 0 Å². The number of hydrogen-bond donors (Lipinski definition) is 1. The van der Waals surface area contributed by atoms with Crippen molar-refractivity contribution in [1.82, 2.24) is 4.98 Å². The predicted octanol–water partition coefficient (Wildman–Crippen LogP) is 2.88. The smallest absolute Gasteiger partial charge is 0.212 e. The second-order valence-electron chi connectivity index (χ2n) is 4.44. The molecule has 0 aliphatic carbocycles. The van der Waals surface area contributed by atoms with Crippen LogP contribution in [0.15, 0.2) is 10.5 Å². The van der Waals surface area contributed by atoms with Crippen molar-refractivity contribution >= 4 is 12.1 Å². The summed E-state index contributed by atoms with van der Waals surface area (Å²) in [6.07, 6.45) is 0.769. The molecule has 0 saturated heterocycles. The number of furan rings is 1. The largest absolute Gasteiger partial charge is 0.466 e. The standard InChI is InChI=1S/C14H15NO3/c1-7-5-11(10(4)18-7)14(17)13-8(2)12(6-16)9(3)15-13/h5-6,15H,1-4H3. The Hall–Kier alpha value is -2.10. The molecule has 0 amide bonds. The number of rotatable bonds is 3. The second kappa shape index (κ2) is 4.29. The fraction of sp³-hybridized carbons (Fsp3) is 0.286. The predicted molar refractivity (Wildman–Crippen MR) is 67.3 cm³/mol. The van der Waals surface area contributed by atoms with Crippen LogP contribution in [0.3, 0.4) is 0 Å². The lowest BCUT2D eigenvalue weighted by molar-refractivity contribution is 0.103. The lowest BCUT2D eigenvalue weighted by Crippen LogP contribution is -2.04. The number of hydrogen-bond acceptors (Lipinski definition) is 3. The van der Waals surface area contributed by atoms with Crippen molar-refractivity contribution in [3.63, 3.8) is 0 Å². The van der Waals surface area contributed by atoms with Crippen LogP contribution in [0.1, 0.15) is 49.2 Å². The molecule has 2 aromatic heterocycles. The first-order valence-corrected chi connectivity index (χ1v) is 5.71. The van der Waals surface area contributed by atoms with Crippen LogP contribution in [0.4, 0.5) is 0 Å². The van der Waals surface area contributed by atoms with Gasteiger partial charge in [-0.15, -0.1) is 0 Å². The topological polar surface area (TPSA) is 63.1 Å². The number of aryl methyl sites for hydroxylation is 3. The maximum atomic E-state index is 12.4. The van der Waals surface area contributed by atoms with E-state index in [1.165, 1.54) is 0 Å². The van der Waals surface area contributed by atoms with Crippen molar-refractivity contribution in [3.8, 4) is 0 Å². The Bertz CT molecular complexity index is 632. The van der Waals surface area contributed by atoms with Gasteiger partial charge in [-0.25, -0.2) is 0 Å². The van der Waals surface area contributed by atoms with E-state index in [4.69, 9.17) is 4.42 Å². The summed E-state index contributed by atoms with van der Waals surface area (Å²) in [4.78, 5) is 26.3. The molecule has 2 aromatic rings. The number of aromatic amines is 1. The van der Waals surface area contributed by atoms with Gasteiger partial charge in [0.15, 0.2) is 6.29 Å². The zero-order valence-corrected chi connectivity index (χ0v) is 10.9. The van der Waals surface area contributed by atoms with Crippen molar-refractivity contribution in [2.45, 2.75) is 27.7 Å². The molecule has 2 heterocycles. The summed E-state index contributed by atoms with van der Waals surface area (Å²) < 4.78 is 5.36. The quantitative estimate of drug-likeness (QED) is 0.668. The first-order chi connectivity index (χ1) is 8.45. The summed E-state index contributed by atoms with van der Waals surface area (Å²) in [5, 5.41) is 0. The minimum atomic E-state index is -0.141. The molecule has 1 N–H and O–H groups in total. The van der Waals surface area contributed by atoms with Crippen molar-refractivity contribution in [2.75, 3.05) is 0 Å². The highest BCUT2D eigenvalue weighted by atomic mass is 16.3. The monoisotopic (exact) mass is 245 g/mol. The molecule has 0 aliphatic rings. The van der Waals surface area contributed by atoms with Gasteiger partial charge in [-0.05, 0) is 39.3 Å². The summed E-state index contributed by atoms with van der Waals surface area (Å²) in [6.45, 7) is 7.10. The summed E-state index contributed by atoms with van der Waals surface area (Å²) in [6, 6.07) is 1.72. The van der Waals surface area contributed by atoms with Gasteiger partial charge in [0, 0.05) is 11.3 Å². The van der Waals surface area contributed by atoms with Crippen molar-refractivity contribution in [3.05, 3.63) is 45.7 Å². The summed E-state index contributed by atoms with van der Waals surface area (Å²) >= 11 is 0. The van der Waals surface area contributed by atoms with Crippen LogP contribution in [-0.4, -0.2) is 17.1 Å². The van der Waals surface area contributed by atoms with E-state index in [9.17, 15) is 9.59 Å². The molecule has 0 aromatic carbocycles. The molecule has 0 unspecified atom stereocenters. The fourth-order valence-corrected chi connectivity index (χ4v) is 2.16. The van der Waals surface area contributed by atoms with E-state index in [2.05, 4.69) is 4.98 Å². The molecule has 0 bridgehead atoms. The zero-order chi connectivity index (χ0) is 13.4. The first kappa shape index (κ1) is 12.4. The van der Waals surface area contributed by atoms with Gasteiger partial charge in [-0.3, -0.25) is 9.59 Å². The highest BCUT2D eigenvalue weighted by Crippen LogP contribution is 2.22. The highest BCUT2D eigenvalue weighted by molar-refractivity contribution is 6.10. The Morgan fingerprint density at radius 3 is 2.39 bits per heavy atom. The number of ketones is 1. The van der Waals surface area contributed by atoms with Gasteiger partial charge in [0.2, 0.25) is 5.78 Å². The molecule has 18 heavy (non-hydrogen) atoms. The van der Waals surface area contributed by atoms with E-state index in [1.807, 2.05) is 0 Å². The van der Waals surface area contributed by atoms with E-state index >= 15 is 0 Å². The van der Waals surface area contributed by atoms with Gasteiger partial charge >= 0.3 is 0 Å². The molecule has 4 heteroatoms. The maximum Gasteiger partial charge on any atom is 0.212 e. The minimum Gasteiger partial charge on any atom is -0.466 e. The third-order valence-electron chi connectivity index (χ3n) is 3.13. The van der Waals surface area contributed by atoms with Gasteiger partial charge in [0.25, 0.3) is 0 Å². The summed E-state index contributed by atoms with van der Waals surface area (Å²) in [5.41, 5.74) is 2.94.